The van der Waals surface area contributed by atoms with Gasteiger partial charge in [0.1, 0.15) is 0 Å². The summed E-state index contributed by atoms with van der Waals surface area (Å²) in [6, 6.07) is 5.74. The molecule has 0 radical (unpaired) electrons. The molecule has 0 atom stereocenters. The third-order valence-corrected chi connectivity index (χ3v) is 7.26. The molecule has 0 bridgehead atoms. The summed E-state index contributed by atoms with van der Waals surface area (Å²) in [5.74, 6) is -0.0726. The number of sulfonamides is 1. The number of piperidine rings is 1. The molecule has 1 aliphatic carbocycles. The number of carbonyl (C=O) groups excluding carboxylic acids is 1. The minimum atomic E-state index is -3.08. The van der Waals surface area contributed by atoms with E-state index in [0.29, 0.717) is 31.5 Å². The molecule has 1 amide bonds. The second-order valence-electron chi connectivity index (χ2n) is 6.69. The van der Waals surface area contributed by atoms with Crippen LogP contribution < -0.4 is 5.32 Å². The number of carbonyl (C=O) groups is 1. The summed E-state index contributed by atoms with van der Waals surface area (Å²) in [4.78, 5) is 12.3. The van der Waals surface area contributed by atoms with E-state index < -0.39 is 10.0 Å². The lowest BCUT2D eigenvalue weighted by atomic mass is 10.0. The molecule has 1 saturated heterocycles. The van der Waals surface area contributed by atoms with E-state index in [-0.39, 0.29) is 17.2 Å². The lowest BCUT2D eigenvalue weighted by Crippen LogP contribution is -2.47. The van der Waals surface area contributed by atoms with Gasteiger partial charge in [0.15, 0.2) is 0 Å². The third kappa shape index (κ3) is 3.58. The van der Waals surface area contributed by atoms with E-state index in [1.165, 1.54) is 5.56 Å². The Morgan fingerprint density at radius 2 is 1.74 bits per heavy atom. The number of benzene rings is 1. The first kappa shape index (κ1) is 16.5. The van der Waals surface area contributed by atoms with Crippen molar-refractivity contribution < 1.29 is 13.2 Å². The van der Waals surface area contributed by atoms with Crippen LogP contribution in [0.1, 0.15) is 47.2 Å². The molecule has 2 aliphatic rings. The Morgan fingerprint density at radius 3 is 2.30 bits per heavy atom. The maximum atomic E-state index is 12.3. The molecule has 1 aromatic rings. The topological polar surface area (TPSA) is 66.5 Å². The fourth-order valence-electron chi connectivity index (χ4n) is 2.98. The van der Waals surface area contributed by atoms with E-state index in [1.54, 1.807) is 4.31 Å². The van der Waals surface area contributed by atoms with Crippen molar-refractivity contribution in [2.24, 2.45) is 0 Å². The van der Waals surface area contributed by atoms with Gasteiger partial charge in [-0.1, -0.05) is 6.07 Å². The van der Waals surface area contributed by atoms with E-state index in [2.05, 4.69) is 5.32 Å². The van der Waals surface area contributed by atoms with Crippen LogP contribution in [-0.4, -0.2) is 43.0 Å². The molecule has 5 nitrogen and oxygen atoms in total. The van der Waals surface area contributed by atoms with Crippen LogP contribution in [0, 0.1) is 13.8 Å². The van der Waals surface area contributed by atoms with Gasteiger partial charge in [-0.05, 0) is 62.8 Å². The second kappa shape index (κ2) is 6.24. The van der Waals surface area contributed by atoms with Gasteiger partial charge in [0.05, 0.1) is 5.25 Å². The van der Waals surface area contributed by atoms with E-state index in [1.807, 2.05) is 32.0 Å². The molecule has 1 aliphatic heterocycles. The van der Waals surface area contributed by atoms with E-state index >= 15 is 0 Å². The van der Waals surface area contributed by atoms with Crippen molar-refractivity contribution in [1.82, 2.24) is 9.62 Å². The van der Waals surface area contributed by atoms with Crippen LogP contribution in [0.15, 0.2) is 18.2 Å². The van der Waals surface area contributed by atoms with Gasteiger partial charge in [0, 0.05) is 24.7 Å². The molecular formula is C17H24N2O3S. The van der Waals surface area contributed by atoms with Crippen LogP contribution in [0.3, 0.4) is 0 Å². The average Bonchev–Trinajstić information content (AvgIpc) is 3.36. The average molecular weight is 336 g/mol. The van der Waals surface area contributed by atoms with Gasteiger partial charge in [0.2, 0.25) is 10.0 Å². The van der Waals surface area contributed by atoms with E-state index in [0.717, 1.165) is 18.4 Å². The van der Waals surface area contributed by atoms with Gasteiger partial charge in [-0.2, -0.15) is 0 Å². The quantitative estimate of drug-likeness (QED) is 0.914. The first-order valence-electron chi connectivity index (χ1n) is 8.25. The Hall–Kier alpha value is -1.40. The van der Waals surface area contributed by atoms with Crippen molar-refractivity contribution in [3.8, 4) is 0 Å². The fourth-order valence-corrected chi connectivity index (χ4v) is 4.86. The molecule has 126 valence electrons. The van der Waals surface area contributed by atoms with Crippen molar-refractivity contribution >= 4 is 15.9 Å². The molecular weight excluding hydrogens is 312 g/mol. The molecule has 6 heteroatoms. The molecule has 0 aromatic heterocycles. The number of aryl methyl sites for hydroxylation is 2. The minimum Gasteiger partial charge on any atom is -0.349 e. The van der Waals surface area contributed by atoms with Gasteiger partial charge in [-0.3, -0.25) is 4.79 Å². The van der Waals surface area contributed by atoms with Gasteiger partial charge in [-0.15, -0.1) is 0 Å². The zero-order valence-corrected chi connectivity index (χ0v) is 14.5. The Balaban J connectivity index is 1.56. The van der Waals surface area contributed by atoms with Crippen molar-refractivity contribution in [3.05, 3.63) is 34.9 Å². The van der Waals surface area contributed by atoms with E-state index in [4.69, 9.17) is 0 Å². The molecule has 2 fully saturated rings. The van der Waals surface area contributed by atoms with Crippen LogP contribution in [-0.2, 0) is 10.0 Å². The summed E-state index contributed by atoms with van der Waals surface area (Å²) in [7, 11) is -3.08. The summed E-state index contributed by atoms with van der Waals surface area (Å²) in [6.45, 7) is 5.04. The Kier molecular flexibility index (Phi) is 4.47. The summed E-state index contributed by atoms with van der Waals surface area (Å²) < 4.78 is 26.0. The zero-order chi connectivity index (χ0) is 16.6. The molecule has 0 spiro atoms. The zero-order valence-electron chi connectivity index (χ0n) is 13.7. The van der Waals surface area contributed by atoms with Gasteiger partial charge in [0.25, 0.3) is 5.91 Å². The smallest absolute Gasteiger partial charge is 0.251 e. The summed E-state index contributed by atoms with van der Waals surface area (Å²) >= 11 is 0. The predicted molar refractivity (Wildman–Crippen MR) is 89.9 cm³/mol. The molecule has 1 aromatic carbocycles. The first-order chi connectivity index (χ1) is 10.9. The maximum absolute atomic E-state index is 12.3. The number of hydrogen-bond acceptors (Lipinski definition) is 3. The first-order valence-corrected chi connectivity index (χ1v) is 9.75. The highest BCUT2D eigenvalue weighted by Crippen LogP contribution is 2.32. The van der Waals surface area contributed by atoms with Crippen LogP contribution >= 0.6 is 0 Å². The number of hydrogen-bond donors (Lipinski definition) is 1. The fraction of sp³-hybridized carbons (Fsp3) is 0.588. The monoisotopic (exact) mass is 336 g/mol. The molecule has 1 N–H and O–H groups in total. The molecule has 0 unspecified atom stereocenters. The third-order valence-electron chi connectivity index (χ3n) is 4.86. The van der Waals surface area contributed by atoms with Crippen LogP contribution in [0.25, 0.3) is 0 Å². The molecule has 1 heterocycles. The van der Waals surface area contributed by atoms with Gasteiger partial charge in [-0.25, -0.2) is 12.7 Å². The van der Waals surface area contributed by atoms with Crippen molar-refractivity contribution in [2.45, 2.75) is 50.8 Å². The van der Waals surface area contributed by atoms with E-state index in [9.17, 15) is 13.2 Å². The molecule has 1 saturated carbocycles. The number of nitrogens with one attached hydrogen (secondary N) is 1. The lowest BCUT2D eigenvalue weighted by Gasteiger charge is -2.31. The van der Waals surface area contributed by atoms with Gasteiger partial charge >= 0.3 is 0 Å². The Morgan fingerprint density at radius 1 is 1.09 bits per heavy atom. The van der Waals surface area contributed by atoms with Crippen LogP contribution in [0.5, 0.6) is 0 Å². The molecule has 3 rings (SSSR count). The summed E-state index contributed by atoms with van der Waals surface area (Å²) in [6.07, 6.45) is 2.96. The van der Waals surface area contributed by atoms with Crippen molar-refractivity contribution in [1.29, 1.82) is 0 Å². The highest BCUT2D eigenvalue weighted by Gasteiger charge is 2.41. The Bertz CT molecular complexity index is 703. The van der Waals surface area contributed by atoms with Crippen molar-refractivity contribution in [2.75, 3.05) is 13.1 Å². The highest BCUT2D eigenvalue weighted by atomic mass is 32.2. The normalized spacial score (nSPS) is 20.4. The second-order valence-corrected chi connectivity index (χ2v) is 8.90. The summed E-state index contributed by atoms with van der Waals surface area (Å²) in [5, 5.41) is 2.89. The summed E-state index contributed by atoms with van der Waals surface area (Å²) in [5.41, 5.74) is 2.93. The molecule has 23 heavy (non-hydrogen) atoms. The number of rotatable bonds is 4. The SMILES string of the molecule is Cc1ccc(C(=O)NC2CCN(S(=O)(=O)C3CC3)CC2)cc1C. The van der Waals surface area contributed by atoms with Crippen molar-refractivity contribution in [3.63, 3.8) is 0 Å². The maximum Gasteiger partial charge on any atom is 0.251 e. The Labute approximate surface area is 138 Å². The predicted octanol–water partition coefficient (Wildman–Crippen LogP) is 1.99. The van der Waals surface area contributed by atoms with Crippen LogP contribution in [0.4, 0.5) is 0 Å². The standard InChI is InChI=1S/C17H24N2O3S/c1-12-3-4-14(11-13(12)2)17(20)18-15-7-9-19(10-8-15)23(21,22)16-5-6-16/h3-4,11,15-16H,5-10H2,1-2H3,(H,18,20). The highest BCUT2D eigenvalue weighted by molar-refractivity contribution is 7.90. The number of amides is 1. The minimum absolute atomic E-state index is 0.0507. The largest absolute Gasteiger partial charge is 0.349 e. The number of nitrogens with zero attached hydrogens (tertiary/aromatic N) is 1. The van der Waals surface area contributed by atoms with Gasteiger partial charge < -0.3 is 5.32 Å². The van der Waals surface area contributed by atoms with Crippen LogP contribution in [0.2, 0.25) is 0 Å². The lowest BCUT2D eigenvalue weighted by molar-refractivity contribution is 0.0923.